The van der Waals surface area contributed by atoms with E-state index in [2.05, 4.69) is 24.2 Å². The van der Waals surface area contributed by atoms with E-state index in [0.29, 0.717) is 26.1 Å². The molecule has 5 heteroatoms. The lowest BCUT2D eigenvalue weighted by Crippen LogP contribution is -2.48. The molecule has 2 atom stereocenters. The molecular weight excluding hydrogens is 278 g/mol. The van der Waals surface area contributed by atoms with E-state index in [-0.39, 0.29) is 18.1 Å². The minimum atomic E-state index is 0.112. The number of carbonyl (C=O) groups is 1. The van der Waals surface area contributed by atoms with Crippen LogP contribution < -0.4 is 0 Å². The second-order valence-electron chi connectivity index (χ2n) is 6.18. The van der Waals surface area contributed by atoms with Crippen LogP contribution in [0.15, 0.2) is 24.4 Å². The number of amides is 1. The first-order valence-electron chi connectivity index (χ1n) is 7.89. The van der Waals surface area contributed by atoms with Gasteiger partial charge in [0.25, 0.3) is 0 Å². The van der Waals surface area contributed by atoms with Crippen molar-refractivity contribution >= 4 is 16.8 Å². The SMILES string of the molecule is Cc1cccc2c1cnn2CCC(=O)N1C[C@H](C)O[C@@H](C)C1. The molecule has 2 aromatic rings. The molecule has 118 valence electrons. The van der Waals surface area contributed by atoms with Crippen molar-refractivity contribution in [2.24, 2.45) is 0 Å². The fraction of sp³-hybridized carbons (Fsp3) is 0.529. The third-order valence-electron chi connectivity index (χ3n) is 4.22. The molecule has 1 saturated heterocycles. The van der Waals surface area contributed by atoms with E-state index in [9.17, 15) is 4.79 Å². The summed E-state index contributed by atoms with van der Waals surface area (Å²) >= 11 is 0. The molecule has 0 unspecified atom stereocenters. The van der Waals surface area contributed by atoms with Gasteiger partial charge < -0.3 is 9.64 Å². The number of rotatable bonds is 3. The van der Waals surface area contributed by atoms with Crippen LogP contribution in [-0.4, -0.2) is 45.9 Å². The van der Waals surface area contributed by atoms with Gasteiger partial charge in [-0.2, -0.15) is 5.10 Å². The number of benzene rings is 1. The molecule has 1 aromatic heterocycles. The number of hydrogen-bond donors (Lipinski definition) is 0. The predicted molar refractivity (Wildman–Crippen MR) is 85.7 cm³/mol. The average Bonchev–Trinajstić information content (AvgIpc) is 2.88. The lowest BCUT2D eigenvalue weighted by atomic mass is 10.1. The minimum absolute atomic E-state index is 0.112. The highest BCUT2D eigenvalue weighted by Gasteiger charge is 2.25. The van der Waals surface area contributed by atoms with E-state index >= 15 is 0 Å². The molecule has 0 spiro atoms. The molecule has 2 heterocycles. The first kappa shape index (κ1) is 15.0. The number of aromatic nitrogens is 2. The maximum atomic E-state index is 12.4. The molecule has 1 aliphatic heterocycles. The Labute approximate surface area is 130 Å². The highest BCUT2D eigenvalue weighted by molar-refractivity contribution is 5.82. The van der Waals surface area contributed by atoms with Crippen LogP contribution in [0, 0.1) is 6.92 Å². The minimum Gasteiger partial charge on any atom is -0.372 e. The van der Waals surface area contributed by atoms with Crippen LogP contribution >= 0.6 is 0 Å². The van der Waals surface area contributed by atoms with Gasteiger partial charge in [0.15, 0.2) is 0 Å². The van der Waals surface area contributed by atoms with E-state index in [0.717, 1.165) is 10.9 Å². The Hall–Kier alpha value is -1.88. The lowest BCUT2D eigenvalue weighted by Gasteiger charge is -2.35. The van der Waals surface area contributed by atoms with Crippen LogP contribution in [0.5, 0.6) is 0 Å². The van der Waals surface area contributed by atoms with E-state index in [1.165, 1.54) is 5.56 Å². The molecule has 0 saturated carbocycles. The van der Waals surface area contributed by atoms with Crippen LogP contribution in [-0.2, 0) is 16.1 Å². The second-order valence-corrected chi connectivity index (χ2v) is 6.18. The zero-order valence-corrected chi connectivity index (χ0v) is 13.5. The monoisotopic (exact) mass is 301 g/mol. The van der Waals surface area contributed by atoms with Crippen molar-refractivity contribution in [3.05, 3.63) is 30.0 Å². The van der Waals surface area contributed by atoms with Crippen LogP contribution in [0.2, 0.25) is 0 Å². The summed E-state index contributed by atoms with van der Waals surface area (Å²) in [5, 5.41) is 5.58. The molecule has 22 heavy (non-hydrogen) atoms. The molecule has 1 aromatic carbocycles. The normalized spacial score (nSPS) is 22.2. The van der Waals surface area contributed by atoms with E-state index < -0.39 is 0 Å². The van der Waals surface area contributed by atoms with Gasteiger partial charge in [-0.25, -0.2) is 0 Å². The number of fused-ring (bicyclic) bond motifs is 1. The van der Waals surface area contributed by atoms with Gasteiger partial charge >= 0.3 is 0 Å². The van der Waals surface area contributed by atoms with Crippen molar-refractivity contribution in [1.82, 2.24) is 14.7 Å². The third kappa shape index (κ3) is 2.99. The lowest BCUT2D eigenvalue weighted by molar-refractivity contribution is -0.143. The average molecular weight is 301 g/mol. The molecule has 0 radical (unpaired) electrons. The highest BCUT2D eigenvalue weighted by atomic mass is 16.5. The summed E-state index contributed by atoms with van der Waals surface area (Å²) in [6.07, 6.45) is 2.58. The van der Waals surface area contributed by atoms with Crippen molar-refractivity contribution in [1.29, 1.82) is 0 Å². The molecule has 3 rings (SSSR count). The molecule has 1 amide bonds. The summed E-state index contributed by atoms with van der Waals surface area (Å²) in [5.74, 6) is 0.179. The molecule has 5 nitrogen and oxygen atoms in total. The Morgan fingerprint density at radius 2 is 2.05 bits per heavy atom. The molecular formula is C17H23N3O2. The maximum Gasteiger partial charge on any atom is 0.224 e. The number of aryl methyl sites for hydroxylation is 2. The predicted octanol–water partition coefficient (Wildman–Crippen LogP) is 2.37. The fourth-order valence-corrected chi connectivity index (χ4v) is 3.17. The van der Waals surface area contributed by atoms with Gasteiger partial charge in [-0.1, -0.05) is 12.1 Å². The Morgan fingerprint density at radius 1 is 1.32 bits per heavy atom. The van der Waals surface area contributed by atoms with Gasteiger partial charge in [-0.05, 0) is 32.4 Å². The fourth-order valence-electron chi connectivity index (χ4n) is 3.17. The van der Waals surface area contributed by atoms with Gasteiger partial charge in [-0.15, -0.1) is 0 Å². The first-order valence-corrected chi connectivity index (χ1v) is 7.89. The van der Waals surface area contributed by atoms with Crippen molar-refractivity contribution in [2.45, 2.75) is 45.9 Å². The quantitative estimate of drug-likeness (QED) is 0.874. The summed E-state index contributed by atoms with van der Waals surface area (Å²) in [4.78, 5) is 14.3. The first-order chi connectivity index (χ1) is 10.5. The summed E-state index contributed by atoms with van der Waals surface area (Å²) in [6, 6.07) is 6.16. The maximum absolute atomic E-state index is 12.4. The summed E-state index contributed by atoms with van der Waals surface area (Å²) in [7, 11) is 0. The highest BCUT2D eigenvalue weighted by Crippen LogP contribution is 2.18. The molecule has 0 N–H and O–H groups in total. The summed E-state index contributed by atoms with van der Waals surface area (Å²) in [6.45, 7) is 8.09. The topological polar surface area (TPSA) is 47.4 Å². The van der Waals surface area contributed by atoms with Gasteiger partial charge in [0.05, 0.1) is 30.5 Å². The Bertz CT molecular complexity index is 670. The third-order valence-corrected chi connectivity index (χ3v) is 4.22. The zero-order valence-electron chi connectivity index (χ0n) is 13.5. The molecule has 1 fully saturated rings. The number of hydrogen-bond acceptors (Lipinski definition) is 3. The van der Waals surface area contributed by atoms with E-state index in [4.69, 9.17) is 4.74 Å². The van der Waals surface area contributed by atoms with Gasteiger partial charge in [0, 0.05) is 24.9 Å². The van der Waals surface area contributed by atoms with Crippen molar-refractivity contribution in [3.63, 3.8) is 0 Å². The summed E-state index contributed by atoms with van der Waals surface area (Å²) in [5.41, 5.74) is 2.31. The Balaban J connectivity index is 1.66. The van der Waals surface area contributed by atoms with Crippen LogP contribution in [0.4, 0.5) is 0 Å². The zero-order chi connectivity index (χ0) is 15.7. The number of ether oxygens (including phenoxy) is 1. The Kier molecular flexibility index (Phi) is 4.16. The Morgan fingerprint density at radius 3 is 2.77 bits per heavy atom. The molecule has 0 bridgehead atoms. The largest absolute Gasteiger partial charge is 0.372 e. The van der Waals surface area contributed by atoms with Gasteiger partial charge in [0.2, 0.25) is 5.91 Å². The standard InChI is InChI=1S/C17H23N3O2/c1-12-5-4-6-16-15(12)9-18-20(16)8-7-17(21)19-10-13(2)22-14(3)11-19/h4-6,9,13-14H,7-8,10-11H2,1-3H3/t13-,14-/m0/s1. The number of nitrogens with zero attached hydrogens (tertiary/aromatic N) is 3. The van der Waals surface area contributed by atoms with Crippen molar-refractivity contribution < 1.29 is 9.53 Å². The molecule has 0 aliphatic carbocycles. The summed E-state index contributed by atoms with van der Waals surface area (Å²) < 4.78 is 7.60. The van der Waals surface area contributed by atoms with E-state index in [1.54, 1.807) is 0 Å². The van der Waals surface area contributed by atoms with Crippen LogP contribution in [0.1, 0.15) is 25.8 Å². The number of carbonyl (C=O) groups excluding carboxylic acids is 1. The van der Waals surface area contributed by atoms with Crippen molar-refractivity contribution in [2.75, 3.05) is 13.1 Å². The second kappa shape index (κ2) is 6.08. The van der Waals surface area contributed by atoms with Crippen LogP contribution in [0.3, 0.4) is 0 Å². The van der Waals surface area contributed by atoms with E-state index in [1.807, 2.05) is 35.7 Å². The van der Waals surface area contributed by atoms with Crippen molar-refractivity contribution in [3.8, 4) is 0 Å². The van der Waals surface area contributed by atoms with Gasteiger partial charge in [0.1, 0.15) is 0 Å². The smallest absolute Gasteiger partial charge is 0.224 e. The van der Waals surface area contributed by atoms with Gasteiger partial charge in [-0.3, -0.25) is 9.48 Å². The molecule has 1 aliphatic rings. The van der Waals surface area contributed by atoms with Crippen LogP contribution in [0.25, 0.3) is 10.9 Å². The number of morpholine rings is 1.